The van der Waals surface area contributed by atoms with Gasteiger partial charge in [0.2, 0.25) is 0 Å². The molecule has 1 unspecified atom stereocenters. The summed E-state index contributed by atoms with van der Waals surface area (Å²) in [5, 5.41) is 0.542. The molecular weight excluding hydrogens is 262 g/mol. The highest BCUT2D eigenvalue weighted by atomic mass is 35.5. The summed E-state index contributed by atoms with van der Waals surface area (Å²) >= 11 is 6.27. The van der Waals surface area contributed by atoms with Gasteiger partial charge >= 0.3 is 0 Å². The molecular formula is C14H22ClN3O. The Morgan fingerprint density at radius 1 is 1.32 bits per heavy atom. The Labute approximate surface area is 120 Å². The van der Waals surface area contributed by atoms with Gasteiger partial charge in [0.25, 0.3) is 0 Å². The SMILES string of the molecule is Cc1c(Cl)nc(C(C)(C)C)nc1N(C)C1CCOC1. The molecule has 0 aliphatic carbocycles. The fraction of sp³-hybridized carbons (Fsp3) is 0.714. The van der Waals surface area contributed by atoms with E-state index in [1.54, 1.807) is 0 Å². The summed E-state index contributed by atoms with van der Waals surface area (Å²) in [5.74, 6) is 1.70. The van der Waals surface area contributed by atoms with Gasteiger partial charge in [-0.1, -0.05) is 32.4 Å². The van der Waals surface area contributed by atoms with Crippen molar-refractivity contribution in [2.24, 2.45) is 0 Å². The maximum atomic E-state index is 6.27. The fourth-order valence-electron chi connectivity index (χ4n) is 2.16. The van der Waals surface area contributed by atoms with Gasteiger partial charge in [-0.2, -0.15) is 0 Å². The van der Waals surface area contributed by atoms with Crippen molar-refractivity contribution in [2.45, 2.75) is 45.6 Å². The topological polar surface area (TPSA) is 38.2 Å². The van der Waals surface area contributed by atoms with E-state index in [9.17, 15) is 0 Å². The van der Waals surface area contributed by atoms with E-state index in [2.05, 4.69) is 37.7 Å². The second kappa shape index (κ2) is 5.25. The summed E-state index contributed by atoms with van der Waals surface area (Å²) in [6.07, 6.45) is 1.03. The van der Waals surface area contributed by atoms with Crippen molar-refractivity contribution in [3.8, 4) is 0 Å². The van der Waals surface area contributed by atoms with Crippen LogP contribution < -0.4 is 4.90 Å². The van der Waals surface area contributed by atoms with Gasteiger partial charge < -0.3 is 9.64 Å². The minimum absolute atomic E-state index is 0.112. The van der Waals surface area contributed by atoms with Crippen molar-refractivity contribution < 1.29 is 4.74 Å². The normalized spacial score (nSPS) is 19.8. The zero-order valence-corrected chi connectivity index (χ0v) is 13.1. The van der Waals surface area contributed by atoms with Gasteiger partial charge in [-0.15, -0.1) is 0 Å². The maximum Gasteiger partial charge on any atom is 0.137 e. The summed E-state index contributed by atoms with van der Waals surface area (Å²) in [6.45, 7) is 9.82. The van der Waals surface area contributed by atoms with Gasteiger partial charge in [0.15, 0.2) is 0 Å². The molecule has 0 aromatic carbocycles. The van der Waals surface area contributed by atoms with Crippen LogP contribution in [0.15, 0.2) is 0 Å². The number of likely N-dealkylation sites (N-methyl/N-ethyl adjacent to an activating group) is 1. The van der Waals surface area contributed by atoms with E-state index in [1.165, 1.54) is 0 Å². The molecule has 1 aromatic heterocycles. The number of anilines is 1. The molecule has 2 rings (SSSR count). The molecule has 106 valence electrons. The molecule has 2 heterocycles. The van der Waals surface area contributed by atoms with Crippen LogP contribution in [-0.2, 0) is 10.2 Å². The number of rotatable bonds is 2. The van der Waals surface area contributed by atoms with Gasteiger partial charge in [0.1, 0.15) is 16.8 Å². The third kappa shape index (κ3) is 3.00. The molecule has 0 radical (unpaired) electrons. The molecule has 1 aliphatic rings. The van der Waals surface area contributed by atoms with E-state index >= 15 is 0 Å². The summed E-state index contributed by atoms with van der Waals surface area (Å²) in [5.41, 5.74) is 0.822. The largest absolute Gasteiger partial charge is 0.379 e. The number of aromatic nitrogens is 2. The standard InChI is InChI=1S/C14H22ClN3O/c1-9-11(15)16-13(14(2,3)4)17-12(9)18(5)10-6-7-19-8-10/h10H,6-8H2,1-5H3. The van der Waals surface area contributed by atoms with E-state index in [1.807, 2.05) is 6.92 Å². The van der Waals surface area contributed by atoms with Crippen LogP contribution in [0.1, 0.15) is 38.6 Å². The Morgan fingerprint density at radius 3 is 2.53 bits per heavy atom. The maximum absolute atomic E-state index is 6.27. The molecule has 1 aliphatic heterocycles. The number of halogens is 1. The zero-order chi connectivity index (χ0) is 14.2. The van der Waals surface area contributed by atoms with Crippen LogP contribution in [0, 0.1) is 6.92 Å². The first-order valence-corrected chi connectivity index (χ1v) is 7.03. The molecule has 1 atom stereocenters. The molecule has 19 heavy (non-hydrogen) atoms. The lowest BCUT2D eigenvalue weighted by molar-refractivity contribution is 0.193. The van der Waals surface area contributed by atoms with Crippen molar-refractivity contribution in [1.29, 1.82) is 0 Å². The van der Waals surface area contributed by atoms with E-state index in [0.717, 1.165) is 36.8 Å². The quantitative estimate of drug-likeness (QED) is 0.782. The van der Waals surface area contributed by atoms with Crippen LogP contribution in [0.4, 0.5) is 5.82 Å². The van der Waals surface area contributed by atoms with Gasteiger partial charge in [-0.05, 0) is 13.3 Å². The molecule has 1 aromatic rings. The Morgan fingerprint density at radius 2 is 2.00 bits per heavy atom. The second-order valence-corrected chi connectivity index (χ2v) is 6.52. The summed E-state index contributed by atoms with van der Waals surface area (Å²) in [6, 6.07) is 0.373. The van der Waals surface area contributed by atoms with Crippen LogP contribution in [-0.4, -0.2) is 36.3 Å². The molecule has 1 fully saturated rings. The first-order chi connectivity index (χ1) is 8.80. The van der Waals surface area contributed by atoms with E-state index < -0.39 is 0 Å². The fourth-order valence-corrected chi connectivity index (χ4v) is 2.32. The van der Waals surface area contributed by atoms with Gasteiger partial charge in [0.05, 0.1) is 12.6 Å². The average molecular weight is 284 g/mol. The predicted molar refractivity (Wildman–Crippen MR) is 78.1 cm³/mol. The van der Waals surface area contributed by atoms with E-state index in [0.29, 0.717) is 11.2 Å². The molecule has 0 spiro atoms. The first-order valence-electron chi connectivity index (χ1n) is 6.66. The van der Waals surface area contributed by atoms with E-state index in [4.69, 9.17) is 21.3 Å². The Balaban J connectivity index is 2.40. The number of ether oxygens (including phenoxy) is 1. The van der Waals surface area contributed by atoms with E-state index in [-0.39, 0.29) is 5.41 Å². The van der Waals surface area contributed by atoms with Crippen LogP contribution in [0.25, 0.3) is 0 Å². The molecule has 0 saturated carbocycles. The number of hydrogen-bond donors (Lipinski definition) is 0. The first kappa shape index (κ1) is 14.5. The molecule has 0 N–H and O–H groups in total. The van der Waals surface area contributed by atoms with Gasteiger partial charge in [-0.25, -0.2) is 9.97 Å². The van der Waals surface area contributed by atoms with Crippen LogP contribution in [0.2, 0.25) is 5.15 Å². The lowest BCUT2D eigenvalue weighted by Crippen LogP contribution is -2.34. The highest BCUT2D eigenvalue weighted by Gasteiger charge is 2.26. The minimum atomic E-state index is -0.112. The zero-order valence-electron chi connectivity index (χ0n) is 12.3. The van der Waals surface area contributed by atoms with Crippen molar-refractivity contribution in [1.82, 2.24) is 9.97 Å². The van der Waals surface area contributed by atoms with Crippen LogP contribution in [0.3, 0.4) is 0 Å². The minimum Gasteiger partial charge on any atom is -0.379 e. The molecule has 0 bridgehead atoms. The second-order valence-electron chi connectivity index (χ2n) is 6.16. The predicted octanol–water partition coefficient (Wildman–Crippen LogP) is 2.96. The lowest BCUT2D eigenvalue weighted by atomic mass is 9.95. The average Bonchev–Trinajstić information content (AvgIpc) is 2.83. The number of nitrogens with zero attached hydrogens (tertiary/aromatic N) is 3. The monoisotopic (exact) mass is 283 g/mol. The Kier molecular flexibility index (Phi) is 4.02. The highest BCUT2D eigenvalue weighted by molar-refractivity contribution is 6.30. The number of hydrogen-bond acceptors (Lipinski definition) is 4. The Bertz CT molecular complexity index is 464. The van der Waals surface area contributed by atoms with Crippen molar-refractivity contribution in [3.63, 3.8) is 0 Å². The lowest BCUT2D eigenvalue weighted by Gasteiger charge is -2.28. The van der Waals surface area contributed by atoms with Gasteiger partial charge in [0, 0.05) is 24.6 Å². The third-order valence-electron chi connectivity index (χ3n) is 3.52. The highest BCUT2D eigenvalue weighted by Crippen LogP contribution is 2.29. The van der Waals surface area contributed by atoms with Crippen molar-refractivity contribution in [3.05, 3.63) is 16.5 Å². The molecule has 4 nitrogen and oxygen atoms in total. The molecule has 0 amide bonds. The smallest absolute Gasteiger partial charge is 0.137 e. The van der Waals surface area contributed by atoms with Crippen LogP contribution in [0.5, 0.6) is 0 Å². The Hall–Kier alpha value is -0.870. The van der Waals surface area contributed by atoms with Crippen molar-refractivity contribution >= 4 is 17.4 Å². The van der Waals surface area contributed by atoms with Crippen molar-refractivity contribution in [2.75, 3.05) is 25.2 Å². The molecule has 1 saturated heterocycles. The summed E-state index contributed by atoms with van der Waals surface area (Å²) in [4.78, 5) is 11.3. The molecule has 5 heteroatoms. The summed E-state index contributed by atoms with van der Waals surface area (Å²) in [7, 11) is 2.05. The third-order valence-corrected chi connectivity index (χ3v) is 3.89. The summed E-state index contributed by atoms with van der Waals surface area (Å²) < 4.78 is 5.45. The van der Waals surface area contributed by atoms with Crippen LogP contribution >= 0.6 is 11.6 Å². The van der Waals surface area contributed by atoms with Gasteiger partial charge in [-0.3, -0.25) is 0 Å².